The van der Waals surface area contributed by atoms with E-state index in [4.69, 9.17) is 4.74 Å². The van der Waals surface area contributed by atoms with Gasteiger partial charge >= 0.3 is 0 Å². The minimum atomic E-state index is 0.659. The molecule has 3 rings (SSSR count). The molecule has 1 saturated carbocycles. The lowest BCUT2D eigenvalue weighted by Crippen LogP contribution is -2.43. The molecule has 0 unspecified atom stereocenters. The SMILES string of the molecule is c1ncc(N2CCNCC2)nc1OCCC1CC1. The van der Waals surface area contributed by atoms with E-state index in [-0.39, 0.29) is 0 Å². The van der Waals surface area contributed by atoms with Crippen molar-refractivity contribution in [3.05, 3.63) is 12.4 Å². The lowest BCUT2D eigenvalue weighted by molar-refractivity contribution is 0.290. The number of piperazine rings is 1. The van der Waals surface area contributed by atoms with E-state index in [1.54, 1.807) is 6.20 Å². The molecule has 0 spiro atoms. The second-order valence-electron chi connectivity index (χ2n) is 5.03. The summed E-state index contributed by atoms with van der Waals surface area (Å²) in [5.74, 6) is 2.49. The summed E-state index contributed by atoms with van der Waals surface area (Å²) in [6.45, 7) is 4.76. The van der Waals surface area contributed by atoms with Crippen molar-refractivity contribution < 1.29 is 4.74 Å². The van der Waals surface area contributed by atoms with Crippen LogP contribution in [0.25, 0.3) is 0 Å². The first-order chi connectivity index (χ1) is 8.92. The fraction of sp³-hybridized carbons (Fsp3) is 0.692. The van der Waals surface area contributed by atoms with E-state index < -0.39 is 0 Å². The molecule has 5 heteroatoms. The van der Waals surface area contributed by atoms with E-state index in [0.717, 1.165) is 50.9 Å². The third kappa shape index (κ3) is 3.10. The van der Waals surface area contributed by atoms with Crippen LogP contribution in [0.15, 0.2) is 12.4 Å². The molecule has 1 aromatic heterocycles. The fourth-order valence-corrected chi connectivity index (χ4v) is 2.19. The Morgan fingerprint density at radius 2 is 2.11 bits per heavy atom. The Morgan fingerprint density at radius 1 is 1.28 bits per heavy atom. The first-order valence-corrected chi connectivity index (χ1v) is 6.82. The molecule has 1 saturated heterocycles. The van der Waals surface area contributed by atoms with Crippen molar-refractivity contribution in [2.45, 2.75) is 19.3 Å². The minimum Gasteiger partial charge on any atom is -0.477 e. The zero-order valence-corrected chi connectivity index (χ0v) is 10.6. The van der Waals surface area contributed by atoms with Crippen LogP contribution in [0.1, 0.15) is 19.3 Å². The summed E-state index contributed by atoms with van der Waals surface area (Å²) >= 11 is 0. The second kappa shape index (κ2) is 5.52. The Balaban J connectivity index is 1.56. The lowest BCUT2D eigenvalue weighted by atomic mass is 10.3. The largest absolute Gasteiger partial charge is 0.477 e. The van der Waals surface area contributed by atoms with Gasteiger partial charge in [-0.25, -0.2) is 0 Å². The summed E-state index contributed by atoms with van der Waals surface area (Å²) in [6.07, 6.45) is 7.42. The Labute approximate surface area is 108 Å². The third-order valence-corrected chi connectivity index (χ3v) is 3.51. The van der Waals surface area contributed by atoms with Crippen LogP contribution in [0.3, 0.4) is 0 Å². The van der Waals surface area contributed by atoms with Crippen molar-refractivity contribution in [2.24, 2.45) is 5.92 Å². The van der Waals surface area contributed by atoms with Crippen LogP contribution >= 0.6 is 0 Å². The Hall–Kier alpha value is -1.36. The van der Waals surface area contributed by atoms with Gasteiger partial charge in [0, 0.05) is 26.2 Å². The molecular weight excluding hydrogens is 228 g/mol. The van der Waals surface area contributed by atoms with Crippen LogP contribution in [0.2, 0.25) is 0 Å². The van der Waals surface area contributed by atoms with Crippen molar-refractivity contribution in [1.82, 2.24) is 15.3 Å². The van der Waals surface area contributed by atoms with Gasteiger partial charge in [0.15, 0.2) is 5.82 Å². The number of rotatable bonds is 5. The molecule has 1 aliphatic carbocycles. The molecule has 1 aliphatic heterocycles. The molecule has 0 amide bonds. The van der Waals surface area contributed by atoms with Gasteiger partial charge in [-0.2, -0.15) is 4.98 Å². The van der Waals surface area contributed by atoms with E-state index in [1.165, 1.54) is 12.8 Å². The van der Waals surface area contributed by atoms with Crippen LogP contribution in [0.4, 0.5) is 5.82 Å². The van der Waals surface area contributed by atoms with Crippen LogP contribution < -0.4 is 15.0 Å². The van der Waals surface area contributed by atoms with Crippen LogP contribution in [-0.4, -0.2) is 42.8 Å². The van der Waals surface area contributed by atoms with Gasteiger partial charge in [-0.15, -0.1) is 0 Å². The maximum Gasteiger partial charge on any atom is 0.234 e. The van der Waals surface area contributed by atoms with Gasteiger partial charge in [0.2, 0.25) is 5.88 Å². The normalized spacial score (nSPS) is 19.9. The molecule has 5 nitrogen and oxygen atoms in total. The van der Waals surface area contributed by atoms with Gasteiger partial charge in [-0.1, -0.05) is 12.8 Å². The van der Waals surface area contributed by atoms with Gasteiger partial charge in [-0.3, -0.25) is 4.98 Å². The summed E-state index contributed by atoms with van der Waals surface area (Å²) in [4.78, 5) is 11.0. The van der Waals surface area contributed by atoms with Crippen molar-refractivity contribution >= 4 is 5.82 Å². The quantitative estimate of drug-likeness (QED) is 0.844. The average molecular weight is 248 g/mol. The standard InChI is InChI=1S/C13H20N4O/c1-2-11(1)3-8-18-13-10-15-9-12(16-13)17-6-4-14-5-7-17/h9-11,14H,1-8H2. The van der Waals surface area contributed by atoms with E-state index >= 15 is 0 Å². The summed E-state index contributed by atoms with van der Waals surface area (Å²) in [6, 6.07) is 0. The van der Waals surface area contributed by atoms with Crippen molar-refractivity contribution in [1.29, 1.82) is 0 Å². The predicted octanol–water partition coefficient (Wildman–Crippen LogP) is 1.07. The number of nitrogens with zero attached hydrogens (tertiary/aromatic N) is 3. The number of anilines is 1. The molecule has 2 heterocycles. The Kier molecular flexibility index (Phi) is 3.59. The van der Waals surface area contributed by atoms with Crippen LogP contribution in [-0.2, 0) is 0 Å². The molecule has 0 atom stereocenters. The first-order valence-electron chi connectivity index (χ1n) is 6.82. The molecule has 2 fully saturated rings. The van der Waals surface area contributed by atoms with E-state index in [2.05, 4.69) is 20.2 Å². The molecule has 0 bridgehead atoms. The summed E-state index contributed by atoms with van der Waals surface area (Å²) in [5.41, 5.74) is 0. The Morgan fingerprint density at radius 3 is 2.89 bits per heavy atom. The first kappa shape index (κ1) is 11.7. The van der Waals surface area contributed by atoms with Gasteiger partial charge in [0.25, 0.3) is 0 Å². The maximum absolute atomic E-state index is 5.67. The smallest absolute Gasteiger partial charge is 0.234 e. The van der Waals surface area contributed by atoms with E-state index in [9.17, 15) is 0 Å². The third-order valence-electron chi connectivity index (χ3n) is 3.51. The molecule has 18 heavy (non-hydrogen) atoms. The topological polar surface area (TPSA) is 50.3 Å². The fourth-order valence-electron chi connectivity index (χ4n) is 2.19. The van der Waals surface area contributed by atoms with E-state index in [1.807, 2.05) is 6.20 Å². The zero-order valence-electron chi connectivity index (χ0n) is 10.6. The van der Waals surface area contributed by atoms with Gasteiger partial charge in [-0.05, 0) is 12.3 Å². The molecule has 0 radical (unpaired) electrons. The Bertz CT molecular complexity index is 388. The minimum absolute atomic E-state index is 0.659. The summed E-state index contributed by atoms with van der Waals surface area (Å²) in [5, 5.41) is 3.33. The lowest BCUT2D eigenvalue weighted by Gasteiger charge is -2.28. The van der Waals surface area contributed by atoms with Crippen molar-refractivity contribution in [3.8, 4) is 5.88 Å². The van der Waals surface area contributed by atoms with Crippen LogP contribution in [0, 0.1) is 5.92 Å². The number of nitrogens with one attached hydrogen (secondary N) is 1. The molecule has 1 aromatic rings. The molecule has 2 aliphatic rings. The highest BCUT2D eigenvalue weighted by Gasteiger charge is 2.21. The highest BCUT2D eigenvalue weighted by molar-refractivity contribution is 5.38. The number of aromatic nitrogens is 2. The monoisotopic (exact) mass is 248 g/mol. The van der Waals surface area contributed by atoms with Crippen molar-refractivity contribution in [3.63, 3.8) is 0 Å². The summed E-state index contributed by atoms with van der Waals surface area (Å²) < 4.78 is 5.67. The van der Waals surface area contributed by atoms with Crippen molar-refractivity contribution in [2.75, 3.05) is 37.7 Å². The molecule has 0 aromatic carbocycles. The zero-order chi connectivity index (χ0) is 12.2. The number of hydrogen-bond acceptors (Lipinski definition) is 5. The summed E-state index contributed by atoms with van der Waals surface area (Å²) in [7, 11) is 0. The molecule has 1 N–H and O–H groups in total. The van der Waals surface area contributed by atoms with Crippen LogP contribution in [0.5, 0.6) is 5.88 Å². The average Bonchev–Trinajstić information content (AvgIpc) is 3.24. The number of ether oxygens (including phenoxy) is 1. The highest BCUT2D eigenvalue weighted by atomic mass is 16.5. The maximum atomic E-state index is 5.67. The predicted molar refractivity (Wildman–Crippen MR) is 70.0 cm³/mol. The molecule has 98 valence electrons. The van der Waals surface area contributed by atoms with Gasteiger partial charge in [0.05, 0.1) is 19.0 Å². The highest BCUT2D eigenvalue weighted by Crippen LogP contribution is 2.32. The second-order valence-corrected chi connectivity index (χ2v) is 5.03. The molecular formula is C13H20N4O. The van der Waals surface area contributed by atoms with Gasteiger partial charge < -0.3 is 15.0 Å². The van der Waals surface area contributed by atoms with Gasteiger partial charge in [0.1, 0.15) is 0 Å². The number of hydrogen-bond donors (Lipinski definition) is 1. The van der Waals surface area contributed by atoms with E-state index in [0.29, 0.717) is 5.88 Å².